The van der Waals surface area contributed by atoms with Gasteiger partial charge >= 0.3 is 6.09 Å². The van der Waals surface area contributed by atoms with E-state index in [1.165, 1.54) is 0 Å². The fourth-order valence-corrected chi connectivity index (χ4v) is 3.71. The number of cyclic esters (lactones) is 1. The molecule has 2 amide bonds. The number of benzene rings is 2. The van der Waals surface area contributed by atoms with Crippen LogP contribution >= 0.6 is 0 Å². The summed E-state index contributed by atoms with van der Waals surface area (Å²) in [5.41, 5.74) is 1.34. The molecule has 0 aliphatic carbocycles. The SMILES string of the molecule is O=C(NCCN1CCOC1=O)c1ccc2nn(CC3COc4ccccc4O3)cc2c1. The number of para-hydroxylation sites is 2. The van der Waals surface area contributed by atoms with Gasteiger partial charge < -0.3 is 24.4 Å². The summed E-state index contributed by atoms with van der Waals surface area (Å²) in [6, 6.07) is 13.0. The number of aromatic nitrogens is 2. The molecule has 9 heteroatoms. The van der Waals surface area contributed by atoms with E-state index in [9.17, 15) is 9.59 Å². The Labute approximate surface area is 178 Å². The number of carbonyl (C=O) groups is 2. The second-order valence-corrected chi connectivity index (χ2v) is 7.48. The summed E-state index contributed by atoms with van der Waals surface area (Å²) in [6.07, 6.45) is 1.42. The van der Waals surface area contributed by atoms with Gasteiger partial charge in [-0.15, -0.1) is 0 Å². The molecule has 1 fully saturated rings. The van der Waals surface area contributed by atoms with Crippen molar-refractivity contribution >= 4 is 22.9 Å². The highest BCUT2D eigenvalue weighted by Crippen LogP contribution is 2.31. The van der Waals surface area contributed by atoms with Gasteiger partial charge in [0.05, 0.1) is 18.6 Å². The standard InChI is InChI=1S/C22H22N4O5/c27-21(23-7-8-25-9-10-29-22(25)28)15-5-6-18-16(11-15)12-26(24-18)13-17-14-30-19-3-1-2-4-20(19)31-17/h1-6,11-12,17H,7-10,13-14H2,(H,23,27). The lowest BCUT2D eigenvalue weighted by Crippen LogP contribution is -2.35. The van der Waals surface area contributed by atoms with Crippen LogP contribution in [0.2, 0.25) is 0 Å². The van der Waals surface area contributed by atoms with Crippen molar-refractivity contribution in [3.05, 3.63) is 54.2 Å². The van der Waals surface area contributed by atoms with Crippen molar-refractivity contribution < 1.29 is 23.8 Å². The Morgan fingerprint density at radius 1 is 1.16 bits per heavy atom. The van der Waals surface area contributed by atoms with Crippen LogP contribution in [0.5, 0.6) is 11.5 Å². The summed E-state index contributed by atoms with van der Waals surface area (Å²) in [7, 11) is 0. The van der Waals surface area contributed by atoms with Crippen molar-refractivity contribution in [1.29, 1.82) is 0 Å². The van der Waals surface area contributed by atoms with E-state index in [2.05, 4.69) is 10.4 Å². The molecule has 5 rings (SSSR count). The van der Waals surface area contributed by atoms with Gasteiger partial charge in [-0.25, -0.2) is 4.79 Å². The molecule has 1 saturated heterocycles. The Kier molecular flexibility index (Phi) is 5.07. The highest BCUT2D eigenvalue weighted by atomic mass is 16.6. The minimum absolute atomic E-state index is 0.149. The summed E-state index contributed by atoms with van der Waals surface area (Å²) in [5, 5.41) is 8.29. The van der Waals surface area contributed by atoms with Crippen LogP contribution in [-0.2, 0) is 11.3 Å². The van der Waals surface area contributed by atoms with Crippen molar-refractivity contribution in [2.75, 3.05) is 32.8 Å². The minimum Gasteiger partial charge on any atom is -0.486 e. The fourth-order valence-electron chi connectivity index (χ4n) is 3.71. The third-order valence-corrected chi connectivity index (χ3v) is 5.28. The van der Waals surface area contributed by atoms with Gasteiger partial charge in [-0.1, -0.05) is 12.1 Å². The molecule has 31 heavy (non-hydrogen) atoms. The molecular weight excluding hydrogens is 400 g/mol. The number of carbonyl (C=O) groups excluding carboxylic acids is 2. The minimum atomic E-state index is -0.334. The van der Waals surface area contributed by atoms with Gasteiger partial charge in [0.2, 0.25) is 0 Å². The van der Waals surface area contributed by atoms with Crippen molar-refractivity contribution in [3.63, 3.8) is 0 Å². The van der Waals surface area contributed by atoms with Gasteiger partial charge in [-0.2, -0.15) is 5.10 Å². The Morgan fingerprint density at radius 2 is 2.03 bits per heavy atom. The normalized spacial score (nSPS) is 17.6. The maximum atomic E-state index is 12.5. The average molecular weight is 422 g/mol. The van der Waals surface area contributed by atoms with Gasteiger partial charge in [-0.3, -0.25) is 9.48 Å². The van der Waals surface area contributed by atoms with E-state index in [0.717, 1.165) is 22.4 Å². The van der Waals surface area contributed by atoms with E-state index in [4.69, 9.17) is 14.2 Å². The van der Waals surface area contributed by atoms with Crippen LogP contribution in [0.3, 0.4) is 0 Å². The zero-order valence-electron chi connectivity index (χ0n) is 16.8. The number of hydrogen-bond donors (Lipinski definition) is 1. The first-order valence-electron chi connectivity index (χ1n) is 10.2. The van der Waals surface area contributed by atoms with E-state index in [1.807, 2.05) is 47.3 Å². The number of fused-ring (bicyclic) bond motifs is 2. The van der Waals surface area contributed by atoms with Crippen LogP contribution in [0.25, 0.3) is 10.9 Å². The molecule has 3 aromatic rings. The number of ether oxygens (including phenoxy) is 3. The zero-order valence-corrected chi connectivity index (χ0v) is 16.8. The third-order valence-electron chi connectivity index (χ3n) is 5.28. The number of rotatable bonds is 6. The average Bonchev–Trinajstić information content (AvgIpc) is 3.38. The van der Waals surface area contributed by atoms with Crippen LogP contribution < -0.4 is 14.8 Å². The van der Waals surface area contributed by atoms with E-state index in [1.54, 1.807) is 11.0 Å². The lowest BCUT2D eigenvalue weighted by Gasteiger charge is -2.26. The largest absolute Gasteiger partial charge is 0.486 e. The quantitative estimate of drug-likeness (QED) is 0.654. The highest BCUT2D eigenvalue weighted by Gasteiger charge is 2.22. The van der Waals surface area contributed by atoms with Gasteiger partial charge in [-0.05, 0) is 30.3 Å². The Bertz CT molecular complexity index is 1130. The third kappa shape index (κ3) is 4.11. The second kappa shape index (κ2) is 8.17. The monoisotopic (exact) mass is 422 g/mol. The molecule has 2 aliphatic heterocycles. The second-order valence-electron chi connectivity index (χ2n) is 7.48. The van der Waals surface area contributed by atoms with Crippen LogP contribution in [0.1, 0.15) is 10.4 Å². The molecule has 1 unspecified atom stereocenters. The topological polar surface area (TPSA) is 94.9 Å². The number of hydrogen-bond acceptors (Lipinski definition) is 6. The summed E-state index contributed by atoms with van der Waals surface area (Å²) in [5.74, 6) is 1.29. The summed E-state index contributed by atoms with van der Waals surface area (Å²) in [4.78, 5) is 25.5. The highest BCUT2D eigenvalue weighted by molar-refractivity contribution is 5.97. The number of nitrogens with one attached hydrogen (secondary N) is 1. The van der Waals surface area contributed by atoms with E-state index in [0.29, 0.717) is 45.0 Å². The molecule has 9 nitrogen and oxygen atoms in total. The Hall–Kier alpha value is -3.75. The van der Waals surface area contributed by atoms with Crippen LogP contribution in [0, 0.1) is 0 Å². The molecule has 1 N–H and O–H groups in total. The molecule has 3 heterocycles. The molecule has 160 valence electrons. The molecule has 1 aromatic heterocycles. The zero-order chi connectivity index (χ0) is 21.2. The molecule has 0 saturated carbocycles. The van der Waals surface area contributed by atoms with E-state index in [-0.39, 0.29) is 18.1 Å². The van der Waals surface area contributed by atoms with Crippen molar-refractivity contribution in [3.8, 4) is 11.5 Å². The predicted octanol–water partition coefficient (Wildman–Crippen LogP) is 2.06. The van der Waals surface area contributed by atoms with Crippen molar-refractivity contribution in [1.82, 2.24) is 20.0 Å². The maximum absolute atomic E-state index is 12.5. The summed E-state index contributed by atoms with van der Waals surface area (Å²) >= 11 is 0. The molecule has 1 atom stereocenters. The van der Waals surface area contributed by atoms with Crippen molar-refractivity contribution in [2.45, 2.75) is 12.6 Å². The van der Waals surface area contributed by atoms with Crippen LogP contribution in [-0.4, -0.2) is 65.6 Å². The lowest BCUT2D eigenvalue weighted by atomic mass is 10.1. The van der Waals surface area contributed by atoms with E-state index >= 15 is 0 Å². The Balaban J connectivity index is 1.21. The van der Waals surface area contributed by atoms with Gasteiger partial charge in [0.1, 0.15) is 13.2 Å². The lowest BCUT2D eigenvalue weighted by molar-refractivity contribution is 0.0760. The van der Waals surface area contributed by atoms with E-state index < -0.39 is 0 Å². The van der Waals surface area contributed by atoms with Gasteiger partial charge in [0.15, 0.2) is 17.6 Å². The smallest absolute Gasteiger partial charge is 0.409 e. The molecular formula is C22H22N4O5. The van der Waals surface area contributed by atoms with Crippen LogP contribution in [0.15, 0.2) is 48.7 Å². The molecule has 0 radical (unpaired) electrons. The first-order chi connectivity index (χ1) is 15.2. The predicted molar refractivity (Wildman–Crippen MR) is 111 cm³/mol. The molecule has 2 aromatic carbocycles. The van der Waals surface area contributed by atoms with Crippen LogP contribution in [0.4, 0.5) is 4.79 Å². The maximum Gasteiger partial charge on any atom is 0.409 e. The Morgan fingerprint density at radius 3 is 2.87 bits per heavy atom. The summed E-state index contributed by atoms with van der Waals surface area (Å²) in [6.45, 7) is 2.74. The first-order valence-corrected chi connectivity index (χ1v) is 10.2. The number of nitrogens with zero attached hydrogens (tertiary/aromatic N) is 3. The van der Waals surface area contributed by atoms with Gasteiger partial charge in [0, 0.05) is 30.2 Å². The van der Waals surface area contributed by atoms with Gasteiger partial charge in [0.25, 0.3) is 5.91 Å². The first kappa shape index (κ1) is 19.2. The molecule has 0 bridgehead atoms. The fraction of sp³-hybridized carbons (Fsp3) is 0.318. The van der Waals surface area contributed by atoms with Crippen molar-refractivity contribution in [2.24, 2.45) is 0 Å². The summed E-state index contributed by atoms with van der Waals surface area (Å²) < 4.78 is 18.5. The molecule has 0 spiro atoms. The molecule has 2 aliphatic rings. The number of amides is 2.